The number of imidazole rings is 1. The van der Waals surface area contributed by atoms with Crippen LogP contribution in [0.25, 0.3) is 5.65 Å². The third-order valence-electron chi connectivity index (χ3n) is 5.72. The van der Waals surface area contributed by atoms with Gasteiger partial charge in [-0.05, 0) is 49.1 Å². The first-order valence-corrected chi connectivity index (χ1v) is 9.93. The molecule has 1 radical (unpaired) electrons. The van der Waals surface area contributed by atoms with Gasteiger partial charge in [0.1, 0.15) is 17.8 Å². The first-order valence-electron chi connectivity index (χ1n) is 9.93. The number of alkyl halides is 2. The van der Waals surface area contributed by atoms with Crippen molar-refractivity contribution in [2.75, 3.05) is 29.4 Å². The second kappa shape index (κ2) is 6.93. The second-order valence-electron chi connectivity index (χ2n) is 7.79. The molecule has 0 spiro atoms. The van der Waals surface area contributed by atoms with Gasteiger partial charge in [-0.1, -0.05) is 12.1 Å². The lowest BCUT2D eigenvalue weighted by atomic mass is 10.0. The Morgan fingerprint density at radius 2 is 1.86 bits per heavy atom. The highest BCUT2D eigenvalue weighted by molar-refractivity contribution is 5.53. The van der Waals surface area contributed by atoms with Crippen LogP contribution < -0.4 is 9.80 Å². The van der Waals surface area contributed by atoms with E-state index in [1.165, 1.54) is 16.6 Å². The van der Waals surface area contributed by atoms with Gasteiger partial charge in [-0.25, -0.2) is 22.7 Å². The van der Waals surface area contributed by atoms with Crippen LogP contribution >= 0.6 is 0 Å². The highest BCUT2D eigenvalue weighted by Gasteiger charge is 2.36. The molecule has 5 nitrogen and oxygen atoms in total. The number of piperidine rings is 1. The van der Waals surface area contributed by atoms with Gasteiger partial charge in [0.05, 0.1) is 12.6 Å². The zero-order valence-corrected chi connectivity index (χ0v) is 15.9. The number of halogens is 3. The van der Waals surface area contributed by atoms with E-state index in [1.807, 2.05) is 24.3 Å². The zero-order chi connectivity index (χ0) is 20.0. The monoisotopic (exact) mass is 400 g/mol. The molecule has 0 aliphatic carbocycles. The third-order valence-corrected chi connectivity index (χ3v) is 5.72. The number of rotatable bonds is 3. The van der Waals surface area contributed by atoms with Crippen molar-refractivity contribution in [3.05, 3.63) is 54.0 Å². The number of aromatic nitrogens is 3. The molecule has 151 valence electrons. The van der Waals surface area contributed by atoms with Crippen LogP contribution in [0.2, 0.25) is 0 Å². The van der Waals surface area contributed by atoms with E-state index in [0.717, 1.165) is 30.8 Å². The summed E-state index contributed by atoms with van der Waals surface area (Å²) in [6.45, 7) is 1.06. The van der Waals surface area contributed by atoms with E-state index in [2.05, 4.69) is 21.2 Å². The molecule has 2 aromatic heterocycles. The standard InChI is InChI=1S/C21H21F3N5/c22-16-6-4-15(5-7-16)17-3-1-12-28(17)19-9-8-18-25-20(13-29(18)26-19)27-11-2-10-21(23,24)14-27/h4-9,17H,1-3,10-12,14H2. The predicted octanol–water partition coefficient (Wildman–Crippen LogP) is 4.25. The Kier molecular flexibility index (Phi) is 4.37. The average molecular weight is 400 g/mol. The fraction of sp³-hybridized carbons (Fsp3) is 0.429. The maximum Gasteiger partial charge on any atom is 0.265 e. The largest absolute Gasteiger partial charge is 0.349 e. The molecule has 1 unspecified atom stereocenters. The lowest BCUT2D eigenvalue weighted by Crippen LogP contribution is -2.42. The van der Waals surface area contributed by atoms with Crippen molar-refractivity contribution in [2.24, 2.45) is 0 Å². The summed E-state index contributed by atoms with van der Waals surface area (Å²) < 4.78 is 42.3. The number of fused-ring (bicyclic) bond motifs is 1. The van der Waals surface area contributed by atoms with Crippen molar-refractivity contribution in [3.63, 3.8) is 0 Å². The minimum atomic E-state index is -2.70. The highest BCUT2D eigenvalue weighted by atomic mass is 19.3. The molecular weight excluding hydrogens is 379 g/mol. The molecule has 8 heteroatoms. The molecule has 2 fully saturated rings. The molecule has 0 N–H and O–H groups in total. The van der Waals surface area contributed by atoms with Crippen molar-refractivity contribution in [3.8, 4) is 0 Å². The summed E-state index contributed by atoms with van der Waals surface area (Å²) in [5.74, 6) is -1.76. The van der Waals surface area contributed by atoms with Gasteiger partial charge in [0.15, 0.2) is 11.5 Å². The van der Waals surface area contributed by atoms with Crippen LogP contribution in [0, 0.1) is 12.0 Å². The number of benzene rings is 1. The topological polar surface area (TPSA) is 36.7 Å². The minimum absolute atomic E-state index is 0.0843. The molecule has 2 aliphatic heterocycles. The van der Waals surface area contributed by atoms with Gasteiger partial charge in [-0.15, -0.1) is 5.10 Å². The Morgan fingerprint density at radius 1 is 1.03 bits per heavy atom. The molecule has 0 amide bonds. The summed E-state index contributed by atoms with van der Waals surface area (Å²) in [6.07, 6.45) is 5.37. The van der Waals surface area contributed by atoms with Crippen LogP contribution in [0.3, 0.4) is 0 Å². The molecule has 3 aromatic rings. The van der Waals surface area contributed by atoms with Crippen LogP contribution in [-0.2, 0) is 0 Å². The molecule has 4 heterocycles. The fourth-order valence-electron chi connectivity index (χ4n) is 4.32. The van der Waals surface area contributed by atoms with Gasteiger partial charge >= 0.3 is 0 Å². The smallest absolute Gasteiger partial charge is 0.265 e. The van der Waals surface area contributed by atoms with E-state index < -0.39 is 5.92 Å². The van der Waals surface area contributed by atoms with Gasteiger partial charge in [0.2, 0.25) is 0 Å². The fourth-order valence-corrected chi connectivity index (χ4v) is 4.32. The first kappa shape index (κ1) is 18.3. The lowest BCUT2D eigenvalue weighted by molar-refractivity contribution is -0.0118. The van der Waals surface area contributed by atoms with Gasteiger partial charge in [0.25, 0.3) is 5.92 Å². The molecule has 0 bridgehead atoms. The van der Waals surface area contributed by atoms with Gasteiger partial charge in [-0.2, -0.15) is 0 Å². The van der Waals surface area contributed by atoms with E-state index in [9.17, 15) is 13.2 Å². The van der Waals surface area contributed by atoms with E-state index >= 15 is 0 Å². The number of nitrogens with zero attached hydrogens (tertiary/aromatic N) is 5. The van der Waals surface area contributed by atoms with E-state index in [1.54, 1.807) is 4.90 Å². The van der Waals surface area contributed by atoms with Gasteiger partial charge in [0, 0.05) is 19.5 Å². The van der Waals surface area contributed by atoms with Crippen molar-refractivity contribution >= 4 is 17.3 Å². The minimum Gasteiger partial charge on any atom is -0.349 e. The van der Waals surface area contributed by atoms with Crippen LogP contribution in [-0.4, -0.2) is 40.2 Å². The van der Waals surface area contributed by atoms with Crippen LogP contribution in [0.4, 0.5) is 24.8 Å². The summed E-state index contributed by atoms with van der Waals surface area (Å²) in [5.41, 5.74) is 1.63. The Bertz CT molecular complexity index is 1020. The Balaban J connectivity index is 1.43. The summed E-state index contributed by atoms with van der Waals surface area (Å²) >= 11 is 0. The van der Waals surface area contributed by atoms with Crippen molar-refractivity contribution in [1.29, 1.82) is 0 Å². The first-order chi connectivity index (χ1) is 14.0. The Labute approximate surface area is 166 Å². The summed E-state index contributed by atoms with van der Waals surface area (Å²) in [4.78, 5) is 8.20. The van der Waals surface area contributed by atoms with E-state index in [-0.39, 0.29) is 24.8 Å². The van der Waals surface area contributed by atoms with E-state index in [4.69, 9.17) is 0 Å². The summed E-state index contributed by atoms with van der Waals surface area (Å²) in [7, 11) is 0. The number of hydrogen-bond donors (Lipinski definition) is 0. The molecular formula is C21H21F3N5. The quantitative estimate of drug-likeness (QED) is 0.659. The number of anilines is 2. The number of hydrogen-bond acceptors (Lipinski definition) is 4. The lowest BCUT2D eigenvalue weighted by Gasteiger charge is -2.32. The van der Waals surface area contributed by atoms with Crippen LogP contribution in [0.1, 0.15) is 37.3 Å². The second-order valence-corrected chi connectivity index (χ2v) is 7.79. The maximum absolute atomic E-state index is 13.8. The zero-order valence-electron chi connectivity index (χ0n) is 15.9. The molecule has 1 atom stereocenters. The van der Waals surface area contributed by atoms with Crippen molar-refractivity contribution in [1.82, 2.24) is 14.6 Å². The average Bonchev–Trinajstić information content (AvgIpc) is 3.34. The third kappa shape index (κ3) is 3.52. The Morgan fingerprint density at radius 3 is 2.66 bits per heavy atom. The Hall–Kier alpha value is -2.77. The molecule has 5 rings (SSSR count). The molecule has 0 saturated carbocycles. The van der Waals surface area contributed by atoms with Gasteiger partial charge < -0.3 is 9.80 Å². The summed E-state index contributed by atoms with van der Waals surface area (Å²) in [6, 6.07) is 10.4. The summed E-state index contributed by atoms with van der Waals surface area (Å²) in [5, 5.41) is 4.64. The normalized spacial score (nSPS) is 21.8. The molecule has 1 aromatic carbocycles. The van der Waals surface area contributed by atoms with Crippen LogP contribution in [0.15, 0.2) is 36.4 Å². The maximum atomic E-state index is 13.8. The van der Waals surface area contributed by atoms with Gasteiger partial charge in [-0.3, -0.25) is 0 Å². The highest BCUT2D eigenvalue weighted by Crippen LogP contribution is 2.35. The van der Waals surface area contributed by atoms with Crippen molar-refractivity contribution in [2.45, 2.75) is 37.6 Å². The molecule has 2 saturated heterocycles. The molecule has 29 heavy (non-hydrogen) atoms. The predicted molar refractivity (Wildman–Crippen MR) is 104 cm³/mol. The van der Waals surface area contributed by atoms with Crippen LogP contribution in [0.5, 0.6) is 0 Å². The molecule has 2 aliphatic rings. The SMILES string of the molecule is Fc1ccc(C2CCCN2c2ccc3nc(N4CCCC(F)(F)C4)[c]n3n2)cc1. The van der Waals surface area contributed by atoms with Crippen molar-refractivity contribution < 1.29 is 13.2 Å². The van der Waals surface area contributed by atoms with E-state index in [0.29, 0.717) is 24.4 Å².